The fourth-order valence-electron chi connectivity index (χ4n) is 3.28. The van der Waals surface area contributed by atoms with E-state index >= 15 is 0 Å². The predicted molar refractivity (Wildman–Crippen MR) is 113 cm³/mol. The summed E-state index contributed by atoms with van der Waals surface area (Å²) in [7, 11) is 0. The maximum absolute atomic E-state index is 12.5. The highest BCUT2D eigenvalue weighted by Gasteiger charge is 2.42. The van der Waals surface area contributed by atoms with Gasteiger partial charge < -0.3 is 5.32 Å². The van der Waals surface area contributed by atoms with Crippen molar-refractivity contribution >= 4 is 57.6 Å². The summed E-state index contributed by atoms with van der Waals surface area (Å²) >= 11 is 8.07. The van der Waals surface area contributed by atoms with Crippen LogP contribution >= 0.6 is 34.2 Å². The van der Waals surface area contributed by atoms with Crippen molar-refractivity contribution in [3.8, 4) is 0 Å². The molecule has 0 spiro atoms. The SMILES string of the molecule is CCC1(c2ccc(NC(=O)c3ccc(Cl)c(I)c3)cc2)CCC(=O)NC1=O. The molecular weight excluding hydrogens is 479 g/mol. The van der Waals surface area contributed by atoms with Crippen LogP contribution in [0.5, 0.6) is 0 Å². The summed E-state index contributed by atoms with van der Waals surface area (Å²) in [5.41, 5.74) is 1.28. The number of imide groups is 1. The summed E-state index contributed by atoms with van der Waals surface area (Å²) < 4.78 is 0.806. The molecule has 1 atom stereocenters. The number of halogens is 2. The van der Waals surface area contributed by atoms with Gasteiger partial charge in [0.15, 0.2) is 0 Å². The molecule has 140 valence electrons. The van der Waals surface area contributed by atoms with Gasteiger partial charge in [-0.25, -0.2) is 0 Å². The van der Waals surface area contributed by atoms with Crippen molar-refractivity contribution in [3.05, 3.63) is 62.2 Å². The Bertz CT molecular complexity index is 914. The molecule has 3 amide bonds. The van der Waals surface area contributed by atoms with Crippen LogP contribution in [0.2, 0.25) is 5.02 Å². The molecule has 1 saturated heterocycles. The third-order valence-electron chi connectivity index (χ3n) is 4.95. The average molecular weight is 497 g/mol. The molecule has 2 aromatic carbocycles. The summed E-state index contributed by atoms with van der Waals surface area (Å²) in [6, 6.07) is 12.3. The lowest BCUT2D eigenvalue weighted by Gasteiger charge is -2.35. The third-order valence-corrected chi connectivity index (χ3v) is 6.49. The van der Waals surface area contributed by atoms with Gasteiger partial charge in [-0.05, 0) is 71.3 Å². The first-order valence-corrected chi connectivity index (χ1v) is 10.0. The van der Waals surface area contributed by atoms with Gasteiger partial charge in [0, 0.05) is 21.2 Å². The van der Waals surface area contributed by atoms with Gasteiger partial charge >= 0.3 is 0 Å². The third kappa shape index (κ3) is 4.01. The van der Waals surface area contributed by atoms with Gasteiger partial charge in [-0.1, -0.05) is 30.7 Å². The molecule has 5 nitrogen and oxygen atoms in total. The van der Waals surface area contributed by atoms with Crippen molar-refractivity contribution in [1.82, 2.24) is 5.32 Å². The minimum atomic E-state index is -0.706. The number of carbonyl (C=O) groups excluding carboxylic acids is 3. The second-order valence-electron chi connectivity index (χ2n) is 6.47. The summed E-state index contributed by atoms with van der Waals surface area (Å²) in [6.45, 7) is 1.94. The van der Waals surface area contributed by atoms with E-state index in [1.54, 1.807) is 30.3 Å². The van der Waals surface area contributed by atoms with Gasteiger partial charge in [-0.15, -0.1) is 0 Å². The second-order valence-corrected chi connectivity index (χ2v) is 8.04. The average Bonchev–Trinajstić information content (AvgIpc) is 2.65. The maximum atomic E-state index is 12.5. The van der Waals surface area contributed by atoms with Gasteiger partial charge in [0.1, 0.15) is 0 Å². The first-order valence-electron chi connectivity index (χ1n) is 8.57. The standard InChI is InChI=1S/C20H18ClIN2O3/c1-2-20(10-9-17(25)24-19(20)27)13-4-6-14(7-5-13)23-18(26)12-3-8-15(21)16(22)11-12/h3-8,11H,2,9-10H2,1H3,(H,23,26)(H,24,25,27). The summed E-state index contributed by atoms with van der Waals surface area (Å²) in [4.78, 5) is 36.3. The lowest BCUT2D eigenvalue weighted by atomic mass is 9.72. The molecule has 1 aliphatic heterocycles. The smallest absolute Gasteiger partial charge is 0.255 e. The zero-order chi connectivity index (χ0) is 19.6. The van der Waals surface area contributed by atoms with E-state index in [1.165, 1.54) is 0 Å². The highest BCUT2D eigenvalue weighted by atomic mass is 127. The minimum absolute atomic E-state index is 0.231. The van der Waals surface area contributed by atoms with Crippen molar-refractivity contribution in [1.29, 1.82) is 0 Å². The van der Waals surface area contributed by atoms with E-state index in [-0.39, 0.29) is 17.7 Å². The summed E-state index contributed by atoms with van der Waals surface area (Å²) in [6.07, 6.45) is 1.41. The van der Waals surface area contributed by atoms with Gasteiger partial charge in [0.2, 0.25) is 11.8 Å². The van der Waals surface area contributed by atoms with Crippen LogP contribution in [-0.2, 0) is 15.0 Å². The Labute approximate surface area is 176 Å². The minimum Gasteiger partial charge on any atom is -0.322 e. The number of benzene rings is 2. The van der Waals surface area contributed by atoms with Crippen molar-refractivity contribution in [2.45, 2.75) is 31.6 Å². The van der Waals surface area contributed by atoms with E-state index in [0.717, 1.165) is 9.13 Å². The number of hydrogen-bond donors (Lipinski definition) is 2. The molecule has 1 unspecified atom stereocenters. The Morgan fingerprint density at radius 3 is 2.52 bits per heavy atom. The monoisotopic (exact) mass is 496 g/mol. The topological polar surface area (TPSA) is 75.3 Å². The highest BCUT2D eigenvalue weighted by molar-refractivity contribution is 14.1. The number of amides is 3. The zero-order valence-corrected chi connectivity index (χ0v) is 17.6. The lowest BCUT2D eigenvalue weighted by Crippen LogP contribution is -2.51. The fraction of sp³-hybridized carbons (Fsp3) is 0.250. The van der Waals surface area contributed by atoms with Gasteiger partial charge in [0.05, 0.1) is 10.4 Å². The quantitative estimate of drug-likeness (QED) is 0.490. The molecule has 3 rings (SSSR count). The van der Waals surface area contributed by atoms with E-state index < -0.39 is 5.41 Å². The number of anilines is 1. The van der Waals surface area contributed by atoms with Crippen LogP contribution in [-0.4, -0.2) is 17.7 Å². The van der Waals surface area contributed by atoms with Crippen molar-refractivity contribution < 1.29 is 14.4 Å². The molecule has 1 fully saturated rings. The number of nitrogens with one attached hydrogen (secondary N) is 2. The Morgan fingerprint density at radius 2 is 1.93 bits per heavy atom. The Morgan fingerprint density at radius 1 is 1.22 bits per heavy atom. The van der Waals surface area contributed by atoms with E-state index in [0.29, 0.717) is 35.5 Å². The van der Waals surface area contributed by atoms with Crippen LogP contribution in [0.15, 0.2) is 42.5 Å². The first kappa shape index (κ1) is 19.8. The van der Waals surface area contributed by atoms with E-state index in [2.05, 4.69) is 33.2 Å². The summed E-state index contributed by atoms with van der Waals surface area (Å²) in [5.74, 6) is -0.720. The van der Waals surface area contributed by atoms with Crippen LogP contribution in [0, 0.1) is 3.57 Å². The van der Waals surface area contributed by atoms with Crippen LogP contribution in [0.1, 0.15) is 42.1 Å². The van der Waals surface area contributed by atoms with E-state index in [9.17, 15) is 14.4 Å². The molecule has 1 aliphatic rings. The van der Waals surface area contributed by atoms with Gasteiger partial charge in [-0.3, -0.25) is 19.7 Å². The van der Waals surface area contributed by atoms with Crippen LogP contribution in [0.4, 0.5) is 5.69 Å². The summed E-state index contributed by atoms with van der Waals surface area (Å²) in [5, 5.41) is 5.88. The molecule has 7 heteroatoms. The Hall–Kier alpha value is -1.93. The van der Waals surface area contributed by atoms with Crippen LogP contribution in [0.25, 0.3) is 0 Å². The molecule has 0 bridgehead atoms. The number of carbonyl (C=O) groups is 3. The van der Waals surface area contributed by atoms with E-state index in [4.69, 9.17) is 11.6 Å². The number of piperidine rings is 1. The Kier molecular flexibility index (Phi) is 5.86. The maximum Gasteiger partial charge on any atom is 0.255 e. The number of hydrogen-bond acceptors (Lipinski definition) is 3. The lowest BCUT2D eigenvalue weighted by molar-refractivity contribution is -0.138. The molecular formula is C20H18ClIN2O3. The molecule has 1 heterocycles. The molecule has 0 aromatic heterocycles. The molecule has 2 N–H and O–H groups in total. The predicted octanol–water partition coefficient (Wildman–Crippen LogP) is 4.28. The highest BCUT2D eigenvalue weighted by Crippen LogP contribution is 2.36. The van der Waals surface area contributed by atoms with Crippen molar-refractivity contribution in [2.75, 3.05) is 5.32 Å². The zero-order valence-electron chi connectivity index (χ0n) is 14.6. The molecule has 0 radical (unpaired) electrons. The molecule has 0 saturated carbocycles. The van der Waals surface area contributed by atoms with Crippen molar-refractivity contribution in [3.63, 3.8) is 0 Å². The molecule has 2 aromatic rings. The van der Waals surface area contributed by atoms with Gasteiger partial charge in [0.25, 0.3) is 5.91 Å². The van der Waals surface area contributed by atoms with E-state index in [1.807, 2.05) is 19.1 Å². The van der Waals surface area contributed by atoms with Gasteiger partial charge in [-0.2, -0.15) is 0 Å². The Balaban J connectivity index is 1.78. The normalized spacial score (nSPS) is 19.5. The molecule has 27 heavy (non-hydrogen) atoms. The largest absolute Gasteiger partial charge is 0.322 e. The van der Waals surface area contributed by atoms with Crippen LogP contribution in [0.3, 0.4) is 0 Å². The second kappa shape index (κ2) is 7.98. The molecule has 0 aliphatic carbocycles. The van der Waals surface area contributed by atoms with Crippen molar-refractivity contribution in [2.24, 2.45) is 0 Å². The fourth-order valence-corrected chi connectivity index (χ4v) is 3.91. The van der Waals surface area contributed by atoms with Crippen LogP contribution < -0.4 is 10.6 Å². The number of rotatable bonds is 4. The first-order chi connectivity index (χ1) is 12.9.